The number of halogens is 8. The van der Waals surface area contributed by atoms with E-state index in [2.05, 4.69) is 19.9 Å². The van der Waals surface area contributed by atoms with Crippen LogP contribution in [0, 0.1) is 46.5 Å². The Hall–Kier alpha value is -7.61. The number of H-pyrrole nitrogens is 4. The second-order valence-electron chi connectivity index (χ2n) is 13.5. The van der Waals surface area contributed by atoms with Crippen molar-refractivity contribution in [1.82, 2.24) is 19.9 Å². The largest absolute Gasteiger partial charge is 0.478 e. The van der Waals surface area contributed by atoms with Crippen LogP contribution in [0.25, 0.3) is 33.4 Å². The van der Waals surface area contributed by atoms with Gasteiger partial charge in [0.15, 0.2) is 0 Å². The maximum Gasteiger partial charge on any atom is 0.339 e. The van der Waals surface area contributed by atoms with Gasteiger partial charge in [-0.05, 0) is 91.0 Å². The van der Waals surface area contributed by atoms with E-state index in [1.165, 1.54) is 36.4 Å². The lowest BCUT2D eigenvalue weighted by Crippen LogP contribution is -2.21. The van der Waals surface area contributed by atoms with Crippen molar-refractivity contribution in [1.29, 1.82) is 0 Å². The number of rotatable bonds is 5. The first-order valence-corrected chi connectivity index (χ1v) is 17.7. The van der Waals surface area contributed by atoms with Crippen LogP contribution in [-0.4, -0.2) is 31.0 Å². The summed E-state index contributed by atoms with van der Waals surface area (Å²) < 4.78 is 127. The Morgan fingerprint density at radius 3 is 1.17 bits per heavy atom. The molecule has 6 nitrogen and oxygen atoms in total. The third-order valence-corrected chi connectivity index (χ3v) is 10.1. The van der Waals surface area contributed by atoms with Gasteiger partial charge in [-0.3, -0.25) is 0 Å². The van der Waals surface area contributed by atoms with E-state index in [0.717, 1.165) is 78.9 Å². The highest BCUT2D eigenvalue weighted by atomic mass is 19.2. The molecule has 0 amide bonds. The van der Waals surface area contributed by atoms with E-state index in [0.29, 0.717) is 0 Å². The number of carboxylic acids is 1. The lowest BCUT2D eigenvalue weighted by molar-refractivity contribution is -0.130. The van der Waals surface area contributed by atoms with Gasteiger partial charge in [0, 0.05) is 49.7 Å². The molecule has 5 N–H and O–H groups in total. The van der Waals surface area contributed by atoms with E-state index < -0.39 is 80.3 Å². The summed E-state index contributed by atoms with van der Waals surface area (Å²) in [6, 6.07) is 21.4. The number of fused-ring (bicyclic) bond motifs is 8. The maximum absolute atomic E-state index is 16.0. The lowest BCUT2D eigenvalue weighted by Gasteiger charge is -2.13. The van der Waals surface area contributed by atoms with Gasteiger partial charge in [-0.2, -0.15) is 0 Å². The van der Waals surface area contributed by atoms with Gasteiger partial charge in [-0.15, -0.1) is 0 Å². The molecule has 0 aliphatic carbocycles. The van der Waals surface area contributed by atoms with Crippen molar-refractivity contribution in [2.75, 3.05) is 0 Å². The monoisotopic (exact) mass is 804 g/mol. The van der Waals surface area contributed by atoms with Crippen molar-refractivity contribution in [3.8, 4) is 11.1 Å². The van der Waals surface area contributed by atoms with Crippen molar-refractivity contribution in [3.05, 3.63) is 223 Å². The smallest absolute Gasteiger partial charge is 0.339 e. The van der Waals surface area contributed by atoms with Crippen LogP contribution < -0.4 is 21.4 Å². The maximum atomic E-state index is 16.0. The molecular formula is C45H24F8N4O2. The third-order valence-electron chi connectivity index (χ3n) is 10.1. The number of aliphatic carboxylic acids is 1. The Bertz CT molecular complexity index is 3240. The Balaban J connectivity index is 1.55. The molecule has 59 heavy (non-hydrogen) atoms. The van der Waals surface area contributed by atoms with Crippen molar-refractivity contribution < 1.29 is 45.0 Å². The van der Waals surface area contributed by atoms with E-state index in [4.69, 9.17) is 0 Å². The molecule has 0 spiro atoms. The van der Waals surface area contributed by atoms with E-state index in [1.807, 2.05) is 0 Å². The lowest BCUT2D eigenvalue weighted by atomic mass is 9.94. The van der Waals surface area contributed by atoms with Crippen LogP contribution in [0.4, 0.5) is 35.1 Å². The second-order valence-corrected chi connectivity index (χ2v) is 13.5. The first-order valence-electron chi connectivity index (χ1n) is 17.7. The van der Waals surface area contributed by atoms with Crippen LogP contribution in [0.2, 0.25) is 0 Å². The fraction of sp³-hybridized carbons (Fsp3) is 0. The molecule has 4 aromatic heterocycles. The average Bonchev–Trinajstić information content (AvgIpc) is 4.02. The second kappa shape index (κ2) is 14.1. The van der Waals surface area contributed by atoms with Crippen LogP contribution in [0.3, 0.4) is 0 Å². The standard InChI is InChI=1S/C45H24F8N4O2/c46-21-5-1-6-22(47)36(21)20-19-35-42(45(58)59)33-17-15-31(55-33)40(37-23(48)7-2-8-24(37)49)29-13-14-30(54-29)41(38-25(50)9-3-10-26(38)51)32-16-18-34(56-32)43(44(20)57-35)39-27(52)11-4-12-28(39)53/h1-19,54-57H,(H,58,59). The molecule has 0 saturated carbocycles. The summed E-state index contributed by atoms with van der Waals surface area (Å²) in [5, 5.41) is 10.3. The molecule has 8 bridgehead atoms. The number of nitrogens with one attached hydrogen (secondary N) is 4. The van der Waals surface area contributed by atoms with Crippen molar-refractivity contribution in [2.24, 2.45) is 0 Å². The number of carboxylic acid groups (broad SMARTS) is 1. The number of aromatic amines is 4. The fourth-order valence-corrected chi connectivity index (χ4v) is 7.61. The highest BCUT2D eigenvalue weighted by Crippen LogP contribution is 2.38. The van der Waals surface area contributed by atoms with E-state index >= 15 is 35.1 Å². The Morgan fingerprint density at radius 1 is 0.390 bits per heavy atom. The number of carbonyl (C=O) groups is 1. The molecule has 292 valence electrons. The van der Waals surface area contributed by atoms with Gasteiger partial charge in [-0.25, -0.2) is 39.9 Å². The minimum atomic E-state index is -1.58. The van der Waals surface area contributed by atoms with Crippen LogP contribution in [0.15, 0.2) is 115 Å². The first kappa shape index (κ1) is 37.0. The summed E-state index contributed by atoms with van der Waals surface area (Å²) in [5.41, 5.74) is -4.77. The summed E-state index contributed by atoms with van der Waals surface area (Å²) >= 11 is 0. The van der Waals surface area contributed by atoms with Gasteiger partial charge in [-0.1, -0.05) is 24.3 Å². The molecular weight excluding hydrogens is 781 g/mol. The summed E-state index contributed by atoms with van der Waals surface area (Å²) in [7, 11) is 0. The SMILES string of the molecule is O=C(O)C1=c2ccc([nH]2)=C(c2c(F)cccc2F)c2ccc([nH]2)C(c2c(F)cccc2F)=c2ccc([nH]2)=C(c2c(F)cccc2F)c2[nH]c1cc2-c1c(F)cccc1F. The summed E-state index contributed by atoms with van der Waals surface area (Å²) in [4.78, 5) is 24.9. The van der Waals surface area contributed by atoms with Gasteiger partial charge >= 0.3 is 5.97 Å². The van der Waals surface area contributed by atoms with Crippen LogP contribution in [-0.2, 0) is 4.79 Å². The van der Waals surface area contributed by atoms with Gasteiger partial charge in [0.2, 0.25) is 0 Å². The predicted molar refractivity (Wildman–Crippen MR) is 201 cm³/mol. The molecule has 1 aliphatic rings. The zero-order valence-corrected chi connectivity index (χ0v) is 29.8. The van der Waals surface area contributed by atoms with Crippen molar-refractivity contribution in [2.45, 2.75) is 0 Å². The summed E-state index contributed by atoms with van der Waals surface area (Å²) in [5.74, 6) is -10.1. The fourth-order valence-electron chi connectivity index (χ4n) is 7.61. The van der Waals surface area contributed by atoms with Gasteiger partial charge in [0.25, 0.3) is 0 Å². The third kappa shape index (κ3) is 6.07. The van der Waals surface area contributed by atoms with Crippen molar-refractivity contribution in [3.63, 3.8) is 0 Å². The number of hydrogen-bond acceptors (Lipinski definition) is 1. The minimum Gasteiger partial charge on any atom is -0.478 e. The number of aromatic nitrogens is 4. The molecule has 0 atom stereocenters. The van der Waals surface area contributed by atoms with Crippen LogP contribution in [0.5, 0.6) is 0 Å². The molecule has 0 radical (unpaired) electrons. The van der Waals surface area contributed by atoms with Crippen LogP contribution >= 0.6 is 0 Å². The molecule has 5 heterocycles. The Labute approximate surface area is 326 Å². The Morgan fingerprint density at radius 2 is 0.746 bits per heavy atom. The molecule has 0 unspecified atom stereocenters. The molecule has 4 aromatic carbocycles. The molecule has 0 fully saturated rings. The Kier molecular flexibility index (Phi) is 8.84. The normalized spacial score (nSPS) is 12.7. The highest BCUT2D eigenvalue weighted by Gasteiger charge is 2.29. The zero-order chi connectivity index (χ0) is 41.3. The average molecular weight is 805 g/mol. The van der Waals surface area contributed by atoms with E-state index in [1.54, 1.807) is 0 Å². The van der Waals surface area contributed by atoms with E-state index in [-0.39, 0.29) is 66.5 Å². The van der Waals surface area contributed by atoms with Crippen LogP contribution in [0.1, 0.15) is 39.5 Å². The quantitative estimate of drug-likeness (QED) is 0.120. The topological polar surface area (TPSA) is 100 Å². The number of benzene rings is 4. The minimum absolute atomic E-state index is 0.00166. The number of hydrogen-bond donors (Lipinski definition) is 5. The molecule has 1 aliphatic heterocycles. The predicted octanol–water partition coefficient (Wildman–Crippen LogP) is 7.12. The van der Waals surface area contributed by atoms with Gasteiger partial charge in [0.1, 0.15) is 52.1 Å². The van der Waals surface area contributed by atoms with E-state index in [9.17, 15) is 9.90 Å². The summed E-state index contributed by atoms with van der Waals surface area (Å²) in [6.45, 7) is 0. The zero-order valence-electron chi connectivity index (χ0n) is 29.8. The molecule has 0 saturated heterocycles. The molecule has 14 heteroatoms. The first-order chi connectivity index (χ1) is 28.4. The van der Waals surface area contributed by atoms with Gasteiger partial charge in [0.05, 0.1) is 39.0 Å². The van der Waals surface area contributed by atoms with Crippen molar-refractivity contribution >= 4 is 28.3 Å². The highest BCUT2D eigenvalue weighted by molar-refractivity contribution is 6.14. The molecule has 8 aromatic rings. The summed E-state index contributed by atoms with van der Waals surface area (Å²) in [6.07, 6.45) is 0. The van der Waals surface area contributed by atoms with Gasteiger partial charge < -0.3 is 25.0 Å². The molecule has 9 rings (SSSR count).